The summed E-state index contributed by atoms with van der Waals surface area (Å²) in [5, 5.41) is 2.15. The van der Waals surface area contributed by atoms with Gasteiger partial charge in [-0.25, -0.2) is 4.98 Å². The van der Waals surface area contributed by atoms with Crippen molar-refractivity contribution in [3.05, 3.63) is 23.6 Å². The molecule has 24 heavy (non-hydrogen) atoms. The summed E-state index contributed by atoms with van der Waals surface area (Å²) in [6, 6.07) is 4.75. The minimum atomic E-state index is -0.532. The maximum Gasteiger partial charge on any atom is 0.308 e. The quantitative estimate of drug-likeness (QED) is 0.364. The highest BCUT2D eigenvalue weighted by atomic mass is 35.5. The average molecular weight is 371 g/mol. The van der Waals surface area contributed by atoms with Crippen LogP contribution in [0.3, 0.4) is 0 Å². The molecule has 0 bridgehead atoms. The number of hydrogen-bond acceptors (Lipinski definition) is 7. The molecule has 0 radical (unpaired) electrons. The predicted molar refractivity (Wildman–Crippen MR) is 92.9 cm³/mol. The van der Waals surface area contributed by atoms with Crippen LogP contribution < -0.4 is 20.9 Å². The molecule has 1 aromatic heterocycles. The van der Waals surface area contributed by atoms with Gasteiger partial charge in [-0.1, -0.05) is 0 Å². The number of carbonyl (C=O) groups is 2. The van der Waals surface area contributed by atoms with Crippen LogP contribution >= 0.6 is 23.7 Å². The SMILES string of the molecule is CC(=O)Oc1ccc(-c2csc(N=C(N)N)n2)cc1OC(C)=O.Cl. The molecular formula is C14H15ClN4O4S. The number of nitrogens with two attached hydrogens (primary N) is 2. The number of thiazole rings is 1. The number of rotatable bonds is 4. The first-order valence-electron chi connectivity index (χ1n) is 6.41. The molecule has 0 aliphatic rings. The monoisotopic (exact) mass is 370 g/mol. The Balaban J connectivity index is 0.00000288. The van der Waals surface area contributed by atoms with E-state index in [2.05, 4.69) is 9.98 Å². The molecule has 0 spiro atoms. The zero-order valence-electron chi connectivity index (χ0n) is 12.8. The number of nitrogens with zero attached hydrogens (tertiary/aromatic N) is 2. The number of aliphatic imine (C=N–C) groups is 1. The Hall–Kier alpha value is -2.65. The number of aromatic nitrogens is 1. The minimum absolute atomic E-state index is 0. The number of hydrogen-bond donors (Lipinski definition) is 2. The van der Waals surface area contributed by atoms with Crippen molar-refractivity contribution in [2.45, 2.75) is 13.8 Å². The second kappa shape index (κ2) is 8.27. The lowest BCUT2D eigenvalue weighted by Crippen LogP contribution is -2.21. The Labute approximate surface area is 147 Å². The summed E-state index contributed by atoms with van der Waals surface area (Å²) in [5.74, 6) is -0.862. The predicted octanol–water partition coefficient (Wildman–Crippen LogP) is 1.99. The van der Waals surface area contributed by atoms with Crippen LogP contribution in [-0.2, 0) is 9.59 Å². The highest BCUT2D eigenvalue weighted by Gasteiger charge is 2.13. The van der Waals surface area contributed by atoms with E-state index in [1.807, 2.05) is 0 Å². The van der Waals surface area contributed by atoms with Crippen molar-refractivity contribution in [1.82, 2.24) is 4.98 Å². The molecule has 0 unspecified atom stereocenters. The van der Waals surface area contributed by atoms with Gasteiger partial charge in [0.15, 0.2) is 17.5 Å². The van der Waals surface area contributed by atoms with Crippen molar-refractivity contribution in [2.75, 3.05) is 0 Å². The van der Waals surface area contributed by atoms with Crippen LogP contribution in [0, 0.1) is 0 Å². The van der Waals surface area contributed by atoms with E-state index in [0.717, 1.165) is 0 Å². The third-order valence-electron chi connectivity index (χ3n) is 2.46. The Kier molecular flexibility index (Phi) is 6.69. The van der Waals surface area contributed by atoms with Crippen molar-refractivity contribution in [1.29, 1.82) is 0 Å². The Morgan fingerprint density at radius 3 is 2.33 bits per heavy atom. The van der Waals surface area contributed by atoms with Crippen molar-refractivity contribution in [2.24, 2.45) is 16.5 Å². The molecule has 1 heterocycles. The summed E-state index contributed by atoms with van der Waals surface area (Å²) in [6.45, 7) is 2.51. The minimum Gasteiger partial charge on any atom is -0.423 e. The van der Waals surface area contributed by atoms with E-state index in [1.54, 1.807) is 17.5 Å². The molecule has 128 valence electrons. The molecule has 4 N–H and O–H groups in total. The summed E-state index contributed by atoms with van der Waals surface area (Å²) in [5.41, 5.74) is 11.9. The van der Waals surface area contributed by atoms with E-state index in [9.17, 15) is 9.59 Å². The highest BCUT2D eigenvalue weighted by Crippen LogP contribution is 2.34. The summed E-state index contributed by atoms with van der Waals surface area (Å²) in [4.78, 5) is 30.4. The van der Waals surface area contributed by atoms with E-state index >= 15 is 0 Å². The maximum atomic E-state index is 11.2. The molecule has 0 saturated carbocycles. The smallest absolute Gasteiger partial charge is 0.308 e. The van der Waals surface area contributed by atoms with Gasteiger partial charge in [0.05, 0.1) is 5.69 Å². The molecule has 10 heteroatoms. The first kappa shape index (κ1) is 19.4. The van der Waals surface area contributed by atoms with Crippen LogP contribution in [0.1, 0.15) is 13.8 Å². The van der Waals surface area contributed by atoms with Crippen LogP contribution in [0.25, 0.3) is 11.3 Å². The molecule has 0 aliphatic heterocycles. The van der Waals surface area contributed by atoms with E-state index in [4.69, 9.17) is 20.9 Å². The van der Waals surface area contributed by atoms with Crippen LogP contribution in [-0.4, -0.2) is 22.9 Å². The second-order valence-electron chi connectivity index (χ2n) is 4.40. The summed E-state index contributed by atoms with van der Waals surface area (Å²) < 4.78 is 10.1. The van der Waals surface area contributed by atoms with Gasteiger partial charge >= 0.3 is 11.9 Å². The molecule has 1 aromatic carbocycles. The van der Waals surface area contributed by atoms with Crippen molar-refractivity contribution in [3.63, 3.8) is 0 Å². The first-order chi connectivity index (χ1) is 10.8. The molecule has 0 atom stereocenters. The fourth-order valence-electron chi connectivity index (χ4n) is 1.70. The van der Waals surface area contributed by atoms with Crippen LogP contribution in [0.5, 0.6) is 11.5 Å². The third kappa shape index (κ3) is 5.21. The van der Waals surface area contributed by atoms with Gasteiger partial charge in [0.25, 0.3) is 0 Å². The number of esters is 2. The number of guanidine groups is 1. The fourth-order valence-corrected chi connectivity index (χ4v) is 2.41. The Morgan fingerprint density at radius 1 is 1.12 bits per heavy atom. The largest absolute Gasteiger partial charge is 0.423 e. The lowest BCUT2D eigenvalue weighted by atomic mass is 10.1. The van der Waals surface area contributed by atoms with Crippen molar-refractivity contribution < 1.29 is 19.1 Å². The summed E-state index contributed by atoms with van der Waals surface area (Å²) in [7, 11) is 0. The van der Waals surface area contributed by atoms with Gasteiger partial charge in [0.2, 0.25) is 5.13 Å². The van der Waals surface area contributed by atoms with E-state index < -0.39 is 11.9 Å². The lowest BCUT2D eigenvalue weighted by Gasteiger charge is -2.09. The second-order valence-corrected chi connectivity index (χ2v) is 5.24. The van der Waals surface area contributed by atoms with Crippen LogP contribution in [0.4, 0.5) is 5.13 Å². The van der Waals surface area contributed by atoms with Gasteiger partial charge in [0.1, 0.15) is 0 Å². The Bertz CT molecular complexity index is 787. The molecule has 2 rings (SSSR count). The summed E-state index contributed by atoms with van der Waals surface area (Å²) in [6.07, 6.45) is 0. The fraction of sp³-hybridized carbons (Fsp3) is 0.143. The van der Waals surface area contributed by atoms with Crippen molar-refractivity contribution in [3.8, 4) is 22.8 Å². The van der Waals surface area contributed by atoms with E-state index in [1.165, 1.54) is 31.3 Å². The van der Waals surface area contributed by atoms with Gasteiger partial charge in [-0.2, -0.15) is 4.99 Å². The number of carbonyl (C=O) groups excluding carboxylic acids is 2. The van der Waals surface area contributed by atoms with Crippen molar-refractivity contribution >= 4 is 46.8 Å². The molecule has 2 aromatic rings. The average Bonchev–Trinajstić information content (AvgIpc) is 2.87. The zero-order chi connectivity index (χ0) is 17.0. The normalized spacial score (nSPS) is 9.58. The summed E-state index contributed by atoms with van der Waals surface area (Å²) >= 11 is 1.26. The topological polar surface area (TPSA) is 130 Å². The lowest BCUT2D eigenvalue weighted by molar-refractivity contribution is -0.134. The molecule has 0 aliphatic carbocycles. The number of ether oxygens (including phenoxy) is 2. The zero-order valence-corrected chi connectivity index (χ0v) is 14.4. The maximum absolute atomic E-state index is 11.2. The first-order valence-corrected chi connectivity index (χ1v) is 7.29. The van der Waals surface area contributed by atoms with Crippen LogP contribution in [0.2, 0.25) is 0 Å². The molecular weight excluding hydrogens is 356 g/mol. The van der Waals surface area contributed by atoms with E-state index in [-0.39, 0.29) is 29.9 Å². The standard InChI is InChI=1S/C14H14N4O4S.ClH/c1-7(19)21-11-4-3-9(5-12(11)22-8(2)20)10-6-23-14(17-10)18-13(15)16;/h3-6H,1-2H3,(H4,15,16,17,18);1H. The number of halogens is 1. The molecule has 0 fully saturated rings. The van der Waals surface area contributed by atoms with Gasteiger partial charge in [-0.3, -0.25) is 9.59 Å². The van der Waals surface area contributed by atoms with Gasteiger partial charge in [-0.05, 0) is 18.2 Å². The van der Waals surface area contributed by atoms with Gasteiger partial charge < -0.3 is 20.9 Å². The third-order valence-corrected chi connectivity index (χ3v) is 3.20. The highest BCUT2D eigenvalue weighted by molar-refractivity contribution is 7.13. The van der Waals surface area contributed by atoms with E-state index in [0.29, 0.717) is 16.4 Å². The van der Waals surface area contributed by atoms with Gasteiger partial charge in [-0.15, -0.1) is 23.7 Å². The van der Waals surface area contributed by atoms with Gasteiger partial charge in [0, 0.05) is 24.8 Å². The Morgan fingerprint density at radius 2 is 1.75 bits per heavy atom. The van der Waals surface area contributed by atoms with Crippen LogP contribution in [0.15, 0.2) is 28.6 Å². The molecule has 0 saturated heterocycles. The number of benzene rings is 1. The molecule has 8 nitrogen and oxygen atoms in total. The molecule has 0 amide bonds.